The van der Waals surface area contributed by atoms with E-state index in [1.165, 1.54) is 13.0 Å². The molecule has 1 unspecified atom stereocenters. The molecule has 124 valence electrons. The molecular weight excluding hydrogens is 288 g/mol. The molecule has 0 amide bonds. The number of fused-ring (bicyclic) bond motifs is 1. The number of aromatic nitrogens is 1. The fourth-order valence-corrected chi connectivity index (χ4v) is 3.60. The van der Waals surface area contributed by atoms with E-state index in [9.17, 15) is 5.11 Å². The quantitative estimate of drug-likeness (QED) is 0.890. The lowest BCUT2D eigenvalue weighted by atomic mass is 10.1. The van der Waals surface area contributed by atoms with E-state index in [1.54, 1.807) is 6.20 Å². The Balaban J connectivity index is 1.62. The first-order chi connectivity index (χ1) is 11.2. The fourth-order valence-electron chi connectivity index (χ4n) is 3.60. The molecule has 1 saturated carbocycles. The number of benzene rings is 1. The van der Waals surface area contributed by atoms with Crippen molar-refractivity contribution in [2.24, 2.45) is 5.92 Å². The average Bonchev–Trinajstić information content (AvgIpc) is 3.00. The summed E-state index contributed by atoms with van der Waals surface area (Å²) in [6.45, 7) is 7.91. The van der Waals surface area contributed by atoms with Gasteiger partial charge in [0.2, 0.25) is 0 Å². The van der Waals surface area contributed by atoms with Crippen molar-refractivity contribution in [3.8, 4) is 11.6 Å². The molecule has 0 bridgehead atoms. The Morgan fingerprint density at radius 2 is 2.04 bits per heavy atom. The number of aromatic hydroxyl groups is 1. The van der Waals surface area contributed by atoms with Gasteiger partial charge in [0.15, 0.2) is 6.20 Å². The molecule has 23 heavy (non-hydrogen) atoms. The lowest BCUT2D eigenvalue weighted by Gasteiger charge is -2.22. The molecule has 0 saturated heterocycles. The maximum Gasteiger partial charge on any atom is 0.371 e. The third-order valence-electron chi connectivity index (χ3n) is 4.97. The normalized spacial score (nSPS) is 21.2. The van der Waals surface area contributed by atoms with E-state index in [4.69, 9.17) is 4.74 Å². The van der Waals surface area contributed by atoms with Crippen LogP contribution in [0.4, 0.5) is 0 Å². The first-order valence-corrected chi connectivity index (χ1v) is 8.72. The van der Waals surface area contributed by atoms with Crippen LogP contribution in [0.2, 0.25) is 0 Å². The zero-order valence-electron chi connectivity index (χ0n) is 14.1. The predicted molar refractivity (Wildman–Crippen MR) is 91.7 cm³/mol. The largest absolute Gasteiger partial charge is 0.490 e. The number of ether oxygens (including phenoxy) is 1. The van der Waals surface area contributed by atoms with Crippen LogP contribution in [0.15, 0.2) is 30.5 Å². The first kappa shape index (κ1) is 16.1. The molecule has 1 aromatic carbocycles. The number of hydrogen-bond acceptors (Lipinski definition) is 3. The number of hydrogen-bond donors (Lipinski definition) is 1. The van der Waals surface area contributed by atoms with Crippen molar-refractivity contribution in [2.75, 3.05) is 19.6 Å². The molecule has 1 aromatic heterocycles. The second-order valence-corrected chi connectivity index (χ2v) is 6.48. The van der Waals surface area contributed by atoms with Crippen LogP contribution in [-0.2, 0) is 0 Å². The Labute approximate surface area is 138 Å². The fraction of sp³-hybridized carbons (Fsp3) is 0.526. The van der Waals surface area contributed by atoms with Gasteiger partial charge in [0.1, 0.15) is 5.75 Å². The van der Waals surface area contributed by atoms with Crippen molar-refractivity contribution in [1.29, 1.82) is 0 Å². The molecule has 3 rings (SSSR count). The lowest BCUT2D eigenvalue weighted by Crippen LogP contribution is -2.28. The highest BCUT2D eigenvalue weighted by Gasteiger charge is 2.27. The van der Waals surface area contributed by atoms with Gasteiger partial charge in [-0.3, -0.25) is 0 Å². The van der Waals surface area contributed by atoms with Gasteiger partial charge in [0.05, 0.1) is 11.5 Å². The lowest BCUT2D eigenvalue weighted by molar-refractivity contribution is -0.391. The van der Waals surface area contributed by atoms with Gasteiger partial charge in [-0.05, 0) is 56.5 Å². The Kier molecular flexibility index (Phi) is 5.01. The van der Waals surface area contributed by atoms with Gasteiger partial charge in [-0.15, -0.1) is 0 Å². The number of rotatable bonds is 6. The molecule has 4 heteroatoms. The van der Waals surface area contributed by atoms with Gasteiger partial charge in [-0.1, -0.05) is 13.8 Å². The highest BCUT2D eigenvalue weighted by molar-refractivity contribution is 5.86. The Morgan fingerprint density at radius 1 is 1.22 bits per heavy atom. The van der Waals surface area contributed by atoms with E-state index in [0.717, 1.165) is 48.4 Å². The summed E-state index contributed by atoms with van der Waals surface area (Å²) in [5.41, 5.74) is 0. The summed E-state index contributed by atoms with van der Waals surface area (Å²) in [6.07, 6.45) is 5.60. The van der Waals surface area contributed by atoms with Gasteiger partial charge in [0.25, 0.3) is 0 Å². The molecule has 4 nitrogen and oxygen atoms in total. The van der Waals surface area contributed by atoms with Gasteiger partial charge >= 0.3 is 5.88 Å². The molecular formula is C19H27N2O2+. The van der Waals surface area contributed by atoms with E-state index in [1.807, 2.05) is 24.3 Å². The Morgan fingerprint density at radius 3 is 2.83 bits per heavy atom. The Bertz CT molecular complexity index is 655. The topological polar surface area (TPSA) is 46.8 Å². The van der Waals surface area contributed by atoms with E-state index in [-0.39, 0.29) is 5.88 Å². The minimum atomic E-state index is 0.203. The number of pyridine rings is 1. The summed E-state index contributed by atoms with van der Waals surface area (Å²) >= 11 is 0. The van der Waals surface area contributed by atoms with Gasteiger partial charge in [-0.2, -0.15) is 4.98 Å². The molecule has 1 fully saturated rings. The van der Waals surface area contributed by atoms with Gasteiger partial charge < -0.3 is 14.7 Å². The second kappa shape index (κ2) is 7.18. The number of nitrogens with one attached hydrogen (secondary N) is 1. The maximum atomic E-state index is 9.81. The SMILES string of the molecule is CCN(CC)C[C@H]1CCC(Oc2ccc3c(O)[nH+]ccc3c2)C1. The maximum absolute atomic E-state index is 9.81. The number of aromatic amines is 1. The van der Waals surface area contributed by atoms with Crippen LogP contribution >= 0.6 is 0 Å². The van der Waals surface area contributed by atoms with E-state index in [0.29, 0.717) is 6.10 Å². The van der Waals surface area contributed by atoms with Crippen LogP contribution < -0.4 is 9.72 Å². The molecule has 2 atom stereocenters. The average molecular weight is 315 g/mol. The third-order valence-corrected chi connectivity index (χ3v) is 4.97. The van der Waals surface area contributed by atoms with Crippen molar-refractivity contribution in [3.63, 3.8) is 0 Å². The smallest absolute Gasteiger partial charge is 0.371 e. The van der Waals surface area contributed by atoms with Crippen LogP contribution in [0.3, 0.4) is 0 Å². The molecule has 2 N–H and O–H groups in total. The van der Waals surface area contributed by atoms with Crippen molar-refractivity contribution < 1.29 is 14.8 Å². The van der Waals surface area contributed by atoms with Crippen LogP contribution in [0.1, 0.15) is 33.1 Å². The summed E-state index contributed by atoms with van der Waals surface area (Å²) in [7, 11) is 0. The monoisotopic (exact) mass is 315 g/mol. The third kappa shape index (κ3) is 3.75. The van der Waals surface area contributed by atoms with Crippen molar-refractivity contribution >= 4 is 10.8 Å². The highest BCUT2D eigenvalue weighted by Crippen LogP contribution is 2.31. The van der Waals surface area contributed by atoms with Crippen molar-refractivity contribution in [2.45, 2.75) is 39.2 Å². The zero-order valence-corrected chi connectivity index (χ0v) is 14.1. The van der Waals surface area contributed by atoms with Crippen LogP contribution in [0.25, 0.3) is 10.8 Å². The van der Waals surface area contributed by atoms with Gasteiger partial charge in [0, 0.05) is 18.0 Å². The highest BCUT2D eigenvalue weighted by atomic mass is 16.5. The standard InChI is InChI=1S/C19H26N2O2/c1-3-21(4-2)13-14-5-6-16(11-14)23-17-7-8-18-15(12-17)9-10-20-19(18)22/h7-10,12,14,16H,3-6,11,13H2,1-2H3,(H,20,22)/p+1/t14-,16?/m0/s1. The van der Waals surface area contributed by atoms with Crippen LogP contribution in [0.5, 0.6) is 11.6 Å². The minimum absolute atomic E-state index is 0.203. The molecule has 1 aliphatic rings. The van der Waals surface area contributed by atoms with Crippen molar-refractivity contribution in [3.05, 3.63) is 30.5 Å². The first-order valence-electron chi connectivity index (χ1n) is 8.72. The van der Waals surface area contributed by atoms with Crippen LogP contribution in [0, 0.1) is 5.92 Å². The summed E-state index contributed by atoms with van der Waals surface area (Å²) in [6, 6.07) is 7.84. The summed E-state index contributed by atoms with van der Waals surface area (Å²) in [5.74, 6) is 1.85. The van der Waals surface area contributed by atoms with E-state index >= 15 is 0 Å². The molecule has 0 spiro atoms. The number of H-pyrrole nitrogens is 1. The van der Waals surface area contributed by atoms with Crippen LogP contribution in [-0.4, -0.2) is 35.7 Å². The minimum Gasteiger partial charge on any atom is -0.490 e. The number of nitrogens with zero attached hydrogens (tertiary/aromatic N) is 1. The predicted octanol–water partition coefficient (Wildman–Crippen LogP) is 3.25. The summed E-state index contributed by atoms with van der Waals surface area (Å²) in [4.78, 5) is 5.31. The Hall–Kier alpha value is -1.81. The molecule has 2 aromatic rings. The zero-order chi connectivity index (χ0) is 16.2. The van der Waals surface area contributed by atoms with Gasteiger partial charge in [-0.25, -0.2) is 0 Å². The molecule has 0 aliphatic heterocycles. The molecule has 1 aliphatic carbocycles. The molecule has 1 heterocycles. The van der Waals surface area contributed by atoms with E-state index < -0.39 is 0 Å². The van der Waals surface area contributed by atoms with E-state index in [2.05, 4.69) is 23.7 Å². The second-order valence-electron chi connectivity index (χ2n) is 6.48. The van der Waals surface area contributed by atoms with Crippen molar-refractivity contribution in [1.82, 2.24) is 4.90 Å². The summed E-state index contributed by atoms with van der Waals surface area (Å²) < 4.78 is 6.19. The summed E-state index contributed by atoms with van der Waals surface area (Å²) in [5, 5.41) is 11.6. The molecule has 0 radical (unpaired) electrons.